The number of rotatable bonds is 8. The Morgan fingerprint density at radius 1 is 1.12 bits per heavy atom. The highest BCUT2D eigenvalue weighted by Crippen LogP contribution is 2.36. The van der Waals surface area contributed by atoms with Crippen molar-refractivity contribution in [1.82, 2.24) is 15.0 Å². The molecule has 2 heterocycles. The summed E-state index contributed by atoms with van der Waals surface area (Å²) >= 11 is 6.29. The van der Waals surface area contributed by atoms with Crippen LogP contribution in [0.4, 0.5) is 14.6 Å². The molecule has 6 nitrogen and oxygen atoms in total. The average molecular weight is 471 g/mol. The number of nitrogens with zero attached hydrogens (tertiary/aromatic N) is 2. The van der Waals surface area contributed by atoms with E-state index in [1.54, 1.807) is 43.7 Å². The molecule has 0 fully saturated rings. The third-order valence-electron chi connectivity index (χ3n) is 5.05. The number of aromatic hydroxyl groups is 1. The second kappa shape index (κ2) is 9.87. The van der Waals surface area contributed by atoms with Gasteiger partial charge in [0.2, 0.25) is 0 Å². The van der Waals surface area contributed by atoms with Gasteiger partial charge in [-0.05, 0) is 60.0 Å². The number of hydrogen-bond donors (Lipinski definition) is 3. The van der Waals surface area contributed by atoms with E-state index < -0.39 is 6.61 Å². The number of hydrogen-bond acceptors (Lipinski definition) is 5. The second-order valence-electron chi connectivity index (χ2n) is 7.40. The lowest BCUT2D eigenvalue weighted by atomic mass is 10.0. The number of H-pyrrole nitrogens is 1. The molecule has 4 aromatic rings. The van der Waals surface area contributed by atoms with E-state index in [0.29, 0.717) is 35.1 Å². The first-order valence-electron chi connectivity index (χ1n) is 10.2. The first kappa shape index (κ1) is 22.5. The smallest absolute Gasteiger partial charge is 0.387 e. The third kappa shape index (κ3) is 5.59. The summed E-state index contributed by atoms with van der Waals surface area (Å²) in [6.45, 7) is -0.482. The lowest BCUT2D eigenvalue weighted by molar-refractivity contribution is -0.0498. The van der Waals surface area contributed by atoms with E-state index in [2.05, 4.69) is 25.0 Å². The number of phenols is 1. The molecular weight excluding hydrogens is 450 g/mol. The molecule has 0 aliphatic heterocycles. The van der Waals surface area contributed by atoms with Crippen molar-refractivity contribution in [2.24, 2.45) is 0 Å². The van der Waals surface area contributed by atoms with Gasteiger partial charge in [-0.2, -0.15) is 8.78 Å². The third-order valence-corrected chi connectivity index (χ3v) is 5.45. The van der Waals surface area contributed by atoms with Gasteiger partial charge < -0.3 is 20.1 Å². The number of phenolic OH excluding ortho intramolecular Hbond substituents is 1. The number of nitrogens with one attached hydrogen (secondary N) is 2. The van der Waals surface area contributed by atoms with Gasteiger partial charge in [-0.15, -0.1) is 0 Å². The van der Waals surface area contributed by atoms with Crippen molar-refractivity contribution in [2.45, 2.75) is 20.0 Å². The summed E-state index contributed by atoms with van der Waals surface area (Å²) in [5.74, 6) is 0.723. The number of aromatic nitrogens is 3. The first-order chi connectivity index (χ1) is 15.9. The molecule has 3 N–H and O–H groups in total. The van der Waals surface area contributed by atoms with Crippen LogP contribution in [0.1, 0.15) is 11.3 Å². The Labute approximate surface area is 194 Å². The van der Waals surface area contributed by atoms with Crippen LogP contribution in [0.3, 0.4) is 0 Å². The number of aromatic amines is 1. The van der Waals surface area contributed by atoms with Gasteiger partial charge in [0.1, 0.15) is 17.3 Å². The van der Waals surface area contributed by atoms with Crippen LogP contribution < -0.4 is 10.1 Å². The molecule has 0 atom stereocenters. The topological polar surface area (TPSA) is 83.1 Å². The molecule has 0 bridgehead atoms. The van der Waals surface area contributed by atoms with Crippen LogP contribution in [0.2, 0.25) is 5.02 Å². The van der Waals surface area contributed by atoms with Crippen LogP contribution in [0.5, 0.6) is 11.5 Å². The molecule has 170 valence electrons. The minimum Gasteiger partial charge on any atom is -0.507 e. The Morgan fingerprint density at radius 3 is 2.61 bits per heavy atom. The minimum atomic E-state index is -2.89. The van der Waals surface area contributed by atoms with E-state index in [-0.39, 0.29) is 11.5 Å². The van der Waals surface area contributed by atoms with Crippen LogP contribution in [0.15, 0.2) is 61.1 Å². The van der Waals surface area contributed by atoms with Crippen molar-refractivity contribution in [3.63, 3.8) is 0 Å². The molecule has 2 aromatic carbocycles. The van der Waals surface area contributed by atoms with Gasteiger partial charge in [-0.25, -0.2) is 9.97 Å². The quantitative estimate of drug-likeness (QED) is 0.291. The van der Waals surface area contributed by atoms with Gasteiger partial charge in [0.15, 0.2) is 0 Å². The molecule has 0 saturated heterocycles. The Kier molecular flexibility index (Phi) is 6.74. The monoisotopic (exact) mass is 470 g/mol. The highest BCUT2D eigenvalue weighted by atomic mass is 35.5. The molecule has 0 unspecified atom stereocenters. The summed E-state index contributed by atoms with van der Waals surface area (Å²) in [7, 11) is 0. The van der Waals surface area contributed by atoms with Crippen molar-refractivity contribution in [3.05, 3.63) is 77.3 Å². The van der Waals surface area contributed by atoms with E-state index >= 15 is 0 Å². The highest BCUT2D eigenvalue weighted by molar-refractivity contribution is 6.31. The van der Waals surface area contributed by atoms with Crippen LogP contribution in [0, 0.1) is 6.92 Å². The summed E-state index contributed by atoms with van der Waals surface area (Å²) in [6, 6.07) is 13.3. The molecule has 9 heteroatoms. The van der Waals surface area contributed by atoms with Crippen LogP contribution in [-0.4, -0.2) is 33.2 Å². The van der Waals surface area contributed by atoms with Gasteiger partial charge in [-0.3, -0.25) is 0 Å². The Bertz CT molecular complexity index is 1230. The predicted octanol–water partition coefficient (Wildman–Crippen LogP) is 6.06. The number of imidazole rings is 1. The van der Waals surface area contributed by atoms with Crippen molar-refractivity contribution >= 4 is 17.4 Å². The molecule has 0 radical (unpaired) electrons. The Balaban J connectivity index is 1.69. The lowest BCUT2D eigenvalue weighted by Crippen LogP contribution is -2.07. The number of anilines is 1. The van der Waals surface area contributed by atoms with Crippen molar-refractivity contribution < 1.29 is 18.6 Å². The fourth-order valence-corrected chi connectivity index (χ4v) is 3.54. The summed E-state index contributed by atoms with van der Waals surface area (Å²) in [4.78, 5) is 11.7. The van der Waals surface area contributed by atoms with Crippen LogP contribution in [0.25, 0.3) is 22.4 Å². The largest absolute Gasteiger partial charge is 0.507 e. The summed E-state index contributed by atoms with van der Waals surface area (Å²) in [5, 5.41) is 14.3. The molecule has 0 spiro atoms. The van der Waals surface area contributed by atoms with Crippen molar-refractivity contribution in [2.75, 3.05) is 11.9 Å². The van der Waals surface area contributed by atoms with Gasteiger partial charge in [0.25, 0.3) is 0 Å². The fraction of sp³-hybridized carbons (Fsp3) is 0.167. The number of benzene rings is 2. The van der Waals surface area contributed by atoms with Crippen LogP contribution in [-0.2, 0) is 6.42 Å². The number of ether oxygens (including phenoxy) is 1. The van der Waals surface area contributed by atoms with Gasteiger partial charge in [-0.1, -0.05) is 23.7 Å². The second-order valence-corrected chi connectivity index (χ2v) is 7.81. The zero-order chi connectivity index (χ0) is 23.4. The number of aryl methyl sites for hydroxylation is 1. The zero-order valence-corrected chi connectivity index (χ0v) is 18.4. The molecule has 0 saturated carbocycles. The van der Waals surface area contributed by atoms with E-state index in [4.69, 9.17) is 11.6 Å². The molecule has 2 aromatic heterocycles. The summed E-state index contributed by atoms with van der Waals surface area (Å²) < 4.78 is 29.4. The minimum absolute atomic E-state index is 0.0608. The van der Waals surface area contributed by atoms with E-state index in [1.807, 2.05) is 12.1 Å². The summed E-state index contributed by atoms with van der Waals surface area (Å²) in [6.07, 6.45) is 4.09. The van der Waals surface area contributed by atoms with Gasteiger partial charge in [0, 0.05) is 35.4 Å². The van der Waals surface area contributed by atoms with E-state index in [9.17, 15) is 13.9 Å². The molecule has 0 aliphatic carbocycles. The number of pyridine rings is 1. The lowest BCUT2D eigenvalue weighted by Gasteiger charge is -2.13. The van der Waals surface area contributed by atoms with E-state index in [1.165, 1.54) is 12.1 Å². The number of alkyl halides is 2. The zero-order valence-electron chi connectivity index (χ0n) is 17.6. The first-order valence-corrected chi connectivity index (χ1v) is 10.5. The Hall–Kier alpha value is -3.65. The maximum Gasteiger partial charge on any atom is 0.387 e. The molecule has 4 rings (SSSR count). The van der Waals surface area contributed by atoms with Crippen LogP contribution >= 0.6 is 11.6 Å². The van der Waals surface area contributed by atoms with E-state index in [0.717, 1.165) is 22.4 Å². The fourth-order valence-electron chi connectivity index (χ4n) is 3.37. The molecule has 33 heavy (non-hydrogen) atoms. The number of halogens is 3. The Morgan fingerprint density at radius 2 is 1.91 bits per heavy atom. The summed E-state index contributed by atoms with van der Waals surface area (Å²) in [5.41, 5.74) is 4.29. The van der Waals surface area contributed by atoms with Crippen molar-refractivity contribution in [1.29, 1.82) is 0 Å². The van der Waals surface area contributed by atoms with Gasteiger partial charge in [0.05, 0.1) is 12.0 Å². The SMILES string of the molecule is Cc1cc(O)c(-c2cc(-c3ccc(OC(F)F)cc3)cc(NCCc3cnc[nH]3)n2)cc1Cl. The average Bonchev–Trinajstić information content (AvgIpc) is 3.30. The predicted molar refractivity (Wildman–Crippen MR) is 124 cm³/mol. The highest BCUT2D eigenvalue weighted by Gasteiger charge is 2.13. The molecular formula is C24H21ClF2N4O2. The standard InChI is InChI=1S/C24H21ClF2N4O2/c1-14-8-22(32)19(11-20(14)25)21-9-16(15-2-4-18(5-3-15)33-24(26)27)10-23(31-21)29-7-6-17-12-28-13-30-17/h2-5,8-13,24,32H,6-7H2,1H3,(H,28,30)(H,29,31). The van der Waals surface area contributed by atoms with Gasteiger partial charge >= 0.3 is 6.61 Å². The van der Waals surface area contributed by atoms with Crippen molar-refractivity contribution in [3.8, 4) is 33.9 Å². The molecule has 0 aliphatic rings. The maximum atomic E-state index is 12.5. The normalized spacial score (nSPS) is 11.1. The molecule has 0 amide bonds. The maximum absolute atomic E-state index is 12.5.